The van der Waals surface area contributed by atoms with Crippen molar-refractivity contribution in [3.8, 4) is 50.2 Å². The molecule has 16 rings (SSSR count). The Morgan fingerprint density at radius 2 is 0.578 bits per heavy atom. The molecule has 0 spiro atoms. The average molecular weight is 1090 g/mol. The second kappa shape index (κ2) is 20.4. The van der Waals surface area contributed by atoms with Crippen molar-refractivity contribution in [2.45, 2.75) is 0 Å². The van der Waals surface area contributed by atoms with Crippen LogP contribution in [0, 0.1) is 0 Å². The van der Waals surface area contributed by atoms with E-state index in [1.54, 1.807) is 0 Å². The fraction of sp³-hybridized carbons (Fsp3) is 0. The summed E-state index contributed by atoms with van der Waals surface area (Å²) in [6.45, 7) is 0. The molecule has 0 aliphatic heterocycles. The van der Waals surface area contributed by atoms with E-state index in [9.17, 15) is 0 Å². The number of nitrogens with zero attached hydrogens (tertiary/aromatic N) is 3. The quantitative estimate of drug-likeness (QED) is 0.128. The Morgan fingerprint density at radius 3 is 1.07 bits per heavy atom. The summed E-state index contributed by atoms with van der Waals surface area (Å²) in [5.41, 5.74) is 19.2. The van der Waals surface area contributed by atoms with Gasteiger partial charge in [0, 0.05) is 90.9 Å². The van der Waals surface area contributed by atoms with Crippen LogP contribution in [0.1, 0.15) is 0 Å². The average Bonchev–Trinajstić information content (AvgIpc) is 2.99. The van der Waals surface area contributed by atoms with Crippen molar-refractivity contribution in [2.24, 2.45) is 0 Å². The standard InChI is InChI=1S/C78H51N3S2/c1-4-16-52(17-5-1)55-28-35-60(36-29-55)79(63-41-43-70-68-23-11-14-26-75(68)82-77(70)50-63)65-46-59(58-34-45-74-72(48-58)67-22-10-13-25-73(67)81(74)62-39-32-57(33-40-62)54-20-8-3-9-21-54)47-66(49-65)80(61-37-30-56(31-38-61)53-18-6-2-7-19-53)64-42-44-71-69-24-12-15-27-76(69)83-78(71)51-64/h1-51H. The van der Waals surface area contributed by atoms with Crippen molar-refractivity contribution < 1.29 is 0 Å². The summed E-state index contributed by atoms with van der Waals surface area (Å²) in [4.78, 5) is 4.92. The second-order valence-electron chi connectivity index (χ2n) is 21.3. The van der Waals surface area contributed by atoms with Crippen LogP contribution in [0.5, 0.6) is 0 Å². The summed E-state index contributed by atoms with van der Waals surface area (Å²) in [5, 5.41) is 7.51. The minimum Gasteiger partial charge on any atom is -0.310 e. The molecule has 3 nitrogen and oxygen atoms in total. The van der Waals surface area contributed by atoms with Crippen molar-refractivity contribution >= 4 is 119 Å². The van der Waals surface area contributed by atoms with Gasteiger partial charge in [-0.15, -0.1) is 22.7 Å². The van der Waals surface area contributed by atoms with Crippen molar-refractivity contribution in [1.29, 1.82) is 0 Å². The second-order valence-corrected chi connectivity index (χ2v) is 23.5. The largest absolute Gasteiger partial charge is 0.310 e. The van der Waals surface area contributed by atoms with E-state index >= 15 is 0 Å². The zero-order chi connectivity index (χ0) is 54.8. The summed E-state index contributed by atoms with van der Waals surface area (Å²) in [5.74, 6) is 0. The number of hydrogen-bond acceptors (Lipinski definition) is 4. The Balaban J connectivity index is 0.930. The summed E-state index contributed by atoms with van der Waals surface area (Å²) >= 11 is 3.71. The van der Waals surface area contributed by atoms with Crippen molar-refractivity contribution in [2.75, 3.05) is 9.80 Å². The Morgan fingerprint density at radius 1 is 0.205 bits per heavy atom. The van der Waals surface area contributed by atoms with Gasteiger partial charge in [0.2, 0.25) is 0 Å². The predicted octanol–water partition coefficient (Wildman–Crippen LogP) is 23.1. The number of rotatable bonds is 11. The van der Waals surface area contributed by atoms with Gasteiger partial charge in [-0.1, -0.05) is 200 Å². The van der Waals surface area contributed by atoms with Crippen LogP contribution < -0.4 is 9.80 Å². The molecule has 0 bridgehead atoms. The first-order valence-corrected chi connectivity index (χ1v) is 29.8. The van der Waals surface area contributed by atoms with Gasteiger partial charge >= 0.3 is 0 Å². The van der Waals surface area contributed by atoms with E-state index in [2.05, 4.69) is 324 Å². The van der Waals surface area contributed by atoms with Crippen molar-refractivity contribution in [1.82, 2.24) is 4.57 Å². The summed E-state index contributed by atoms with van der Waals surface area (Å²) in [7, 11) is 0. The molecule has 0 unspecified atom stereocenters. The van der Waals surface area contributed by atoms with Crippen LogP contribution in [-0.2, 0) is 0 Å². The molecule has 0 N–H and O–H groups in total. The van der Waals surface area contributed by atoms with Gasteiger partial charge < -0.3 is 14.4 Å². The molecule has 0 amide bonds. The normalized spacial score (nSPS) is 11.6. The number of thiophene rings is 2. The summed E-state index contributed by atoms with van der Waals surface area (Å²) in [6.07, 6.45) is 0. The smallest absolute Gasteiger partial charge is 0.0541 e. The third-order valence-corrected chi connectivity index (χ3v) is 18.6. The first kappa shape index (κ1) is 48.6. The Labute approximate surface area is 489 Å². The summed E-state index contributed by atoms with van der Waals surface area (Å²) in [6, 6.07) is 114. The van der Waals surface area contributed by atoms with E-state index in [-0.39, 0.29) is 0 Å². The van der Waals surface area contributed by atoms with Gasteiger partial charge in [0.05, 0.1) is 11.0 Å². The molecule has 0 atom stereocenters. The Bertz CT molecular complexity index is 4840. The van der Waals surface area contributed by atoms with E-state index in [4.69, 9.17) is 0 Å². The number of aromatic nitrogens is 1. The maximum Gasteiger partial charge on any atom is 0.0541 e. The third-order valence-electron chi connectivity index (χ3n) is 16.4. The fourth-order valence-electron chi connectivity index (χ4n) is 12.4. The van der Waals surface area contributed by atoms with Gasteiger partial charge in [-0.2, -0.15) is 0 Å². The molecule has 3 aromatic heterocycles. The van der Waals surface area contributed by atoms with Gasteiger partial charge in [0.1, 0.15) is 0 Å². The zero-order valence-electron chi connectivity index (χ0n) is 45.1. The minimum absolute atomic E-state index is 1.04. The fourth-order valence-corrected chi connectivity index (χ4v) is 14.6. The topological polar surface area (TPSA) is 11.4 Å². The molecule has 5 heteroatoms. The van der Waals surface area contributed by atoms with Crippen LogP contribution in [0.25, 0.3) is 112 Å². The molecule has 0 radical (unpaired) electrons. The van der Waals surface area contributed by atoms with E-state index in [0.29, 0.717) is 0 Å². The van der Waals surface area contributed by atoms with Crippen LogP contribution in [0.4, 0.5) is 34.1 Å². The number of benzene rings is 13. The molecule has 83 heavy (non-hydrogen) atoms. The van der Waals surface area contributed by atoms with Crippen LogP contribution in [0.15, 0.2) is 309 Å². The molecule has 0 aliphatic carbocycles. The number of fused-ring (bicyclic) bond motifs is 9. The lowest BCUT2D eigenvalue weighted by atomic mass is 9.99. The van der Waals surface area contributed by atoms with E-state index < -0.39 is 0 Å². The maximum absolute atomic E-state index is 2.46. The molecule has 390 valence electrons. The van der Waals surface area contributed by atoms with Gasteiger partial charge in [0.25, 0.3) is 0 Å². The number of anilines is 6. The highest BCUT2D eigenvalue weighted by molar-refractivity contribution is 7.26. The third kappa shape index (κ3) is 8.73. The summed E-state index contributed by atoms with van der Waals surface area (Å²) < 4.78 is 7.49. The first-order valence-electron chi connectivity index (χ1n) is 28.2. The molecule has 0 fully saturated rings. The van der Waals surface area contributed by atoms with Gasteiger partial charge in [-0.25, -0.2) is 0 Å². The highest BCUT2D eigenvalue weighted by Crippen LogP contribution is 2.48. The molecular weight excluding hydrogens is 1040 g/mol. The van der Waals surface area contributed by atoms with E-state index in [0.717, 1.165) is 56.5 Å². The molecular formula is C78H51N3S2. The minimum atomic E-state index is 1.04. The van der Waals surface area contributed by atoms with Crippen LogP contribution in [-0.4, -0.2) is 4.57 Å². The van der Waals surface area contributed by atoms with Gasteiger partial charge in [-0.3, -0.25) is 0 Å². The lowest BCUT2D eigenvalue weighted by Crippen LogP contribution is -2.13. The number of para-hydroxylation sites is 1. The molecule has 0 saturated carbocycles. The van der Waals surface area contributed by atoms with Crippen LogP contribution in [0.3, 0.4) is 0 Å². The highest BCUT2D eigenvalue weighted by Gasteiger charge is 2.23. The lowest BCUT2D eigenvalue weighted by molar-refractivity contribution is 1.18. The molecule has 0 saturated heterocycles. The maximum atomic E-state index is 2.46. The van der Waals surface area contributed by atoms with Crippen molar-refractivity contribution in [3.05, 3.63) is 309 Å². The Hall–Kier alpha value is -10.3. The predicted molar refractivity (Wildman–Crippen MR) is 358 cm³/mol. The van der Waals surface area contributed by atoms with E-state index in [1.807, 2.05) is 22.7 Å². The molecule has 3 heterocycles. The molecule has 16 aromatic rings. The lowest BCUT2D eigenvalue weighted by Gasteiger charge is -2.30. The first-order chi connectivity index (χ1) is 41.1. The molecule has 13 aromatic carbocycles. The zero-order valence-corrected chi connectivity index (χ0v) is 46.7. The molecule has 0 aliphatic rings. The number of hydrogen-bond donors (Lipinski definition) is 0. The van der Waals surface area contributed by atoms with E-state index in [1.165, 1.54) is 90.0 Å². The SMILES string of the molecule is c1ccc(-c2ccc(N(c3cc(-c4ccc5c(c4)c4ccccc4n5-c4ccc(-c5ccccc5)cc4)cc(N(c4ccc(-c5ccccc5)cc4)c4ccc5c(c4)sc4ccccc45)c3)c3ccc4c(c3)sc3ccccc34)cc2)cc1. The van der Waals surface area contributed by atoms with Crippen molar-refractivity contribution in [3.63, 3.8) is 0 Å². The van der Waals surface area contributed by atoms with Crippen LogP contribution in [0.2, 0.25) is 0 Å². The van der Waals surface area contributed by atoms with Gasteiger partial charge in [-0.05, 0) is 154 Å². The van der Waals surface area contributed by atoms with Gasteiger partial charge in [0.15, 0.2) is 0 Å². The monoisotopic (exact) mass is 1090 g/mol. The highest BCUT2D eigenvalue weighted by atomic mass is 32.1. The Kier molecular flexibility index (Phi) is 11.9. The van der Waals surface area contributed by atoms with Crippen LogP contribution >= 0.6 is 22.7 Å².